The molecule has 1 saturated heterocycles. The maximum absolute atomic E-state index is 13.2. The Balaban J connectivity index is 1.29. The van der Waals surface area contributed by atoms with E-state index in [0.29, 0.717) is 42.3 Å². The Hall–Kier alpha value is -3.00. The molecule has 2 aliphatic heterocycles. The number of carbonyl (C=O) groups excluding carboxylic acids is 2. The standard InChI is InChI=1S/C27H27Cl2N3O4/c1-3-31(4-2)23-16-18(28)17-26(27(23,29)36-26)25(34)35-15-9-14-32-21-12-7-5-10-19(21)24(33)30-20-11-6-8-13-22(20)32/h5-8,10-13,16-17H,3-4,9,14-15H2,1-2H3,(H,30,33). The lowest BCUT2D eigenvalue weighted by Gasteiger charge is -2.29. The molecule has 2 atom stereocenters. The van der Waals surface area contributed by atoms with Crippen LogP contribution in [0.5, 0.6) is 0 Å². The van der Waals surface area contributed by atoms with Gasteiger partial charge >= 0.3 is 5.97 Å². The number of rotatable bonds is 8. The zero-order valence-electron chi connectivity index (χ0n) is 20.1. The Morgan fingerprint density at radius 1 is 1.11 bits per heavy atom. The molecule has 0 spiro atoms. The molecule has 2 unspecified atom stereocenters. The van der Waals surface area contributed by atoms with Crippen LogP contribution < -0.4 is 10.2 Å². The van der Waals surface area contributed by atoms with Crippen molar-refractivity contribution in [3.05, 3.63) is 77.0 Å². The molecule has 2 heterocycles. The number of ether oxygens (including phenoxy) is 2. The van der Waals surface area contributed by atoms with Crippen LogP contribution >= 0.6 is 23.2 Å². The van der Waals surface area contributed by atoms with E-state index in [1.54, 1.807) is 12.1 Å². The van der Waals surface area contributed by atoms with Gasteiger partial charge in [-0.2, -0.15) is 0 Å². The second-order valence-electron chi connectivity index (χ2n) is 8.79. The first-order chi connectivity index (χ1) is 17.3. The van der Waals surface area contributed by atoms with Gasteiger partial charge in [-0.05, 0) is 56.7 Å². The van der Waals surface area contributed by atoms with Gasteiger partial charge in [-0.1, -0.05) is 47.5 Å². The van der Waals surface area contributed by atoms with Crippen molar-refractivity contribution in [1.82, 2.24) is 4.90 Å². The number of anilines is 3. The third-order valence-corrected chi connectivity index (χ3v) is 7.50. The molecule has 1 fully saturated rings. The number of alkyl halides is 1. The molecule has 9 heteroatoms. The maximum atomic E-state index is 13.2. The number of fused-ring (bicyclic) bond motifs is 3. The largest absolute Gasteiger partial charge is 0.463 e. The van der Waals surface area contributed by atoms with Crippen LogP contribution in [0.15, 0.2) is 71.4 Å². The number of hydrogen-bond donors (Lipinski definition) is 1. The first-order valence-electron chi connectivity index (χ1n) is 12.0. The molecule has 1 N–H and O–H groups in total. The van der Waals surface area contributed by atoms with Crippen molar-refractivity contribution in [2.75, 3.05) is 36.5 Å². The van der Waals surface area contributed by atoms with E-state index in [2.05, 4.69) is 10.2 Å². The van der Waals surface area contributed by atoms with Crippen LogP contribution in [-0.2, 0) is 14.3 Å². The molecule has 1 aliphatic carbocycles. The summed E-state index contributed by atoms with van der Waals surface area (Å²) in [6.45, 7) is 6.08. The van der Waals surface area contributed by atoms with E-state index in [0.717, 1.165) is 17.1 Å². The van der Waals surface area contributed by atoms with Crippen LogP contribution in [0.1, 0.15) is 30.6 Å². The molecule has 0 saturated carbocycles. The first kappa shape index (κ1) is 24.7. The van der Waals surface area contributed by atoms with E-state index in [1.165, 1.54) is 6.08 Å². The Kier molecular flexibility index (Phi) is 6.49. The minimum Gasteiger partial charge on any atom is -0.463 e. The highest BCUT2D eigenvalue weighted by molar-refractivity contribution is 6.35. The number of benzene rings is 2. The Morgan fingerprint density at radius 3 is 2.56 bits per heavy atom. The number of nitrogens with one attached hydrogen (secondary N) is 1. The van der Waals surface area contributed by atoms with Gasteiger partial charge in [0, 0.05) is 24.7 Å². The molecular weight excluding hydrogens is 501 g/mol. The Bertz CT molecular complexity index is 1280. The summed E-state index contributed by atoms with van der Waals surface area (Å²) in [5.41, 5.74) is 2.21. The molecule has 3 aliphatic rings. The van der Waals surface area contributed by atoms with Crippen LogP contribution in [0.3, 0.4) is 0 Å². The Labute approximate surface area is 220 Å². The Morgan fingerprint density at radius 2 is 1.81 bits per heavy atom. The van der Waals surface area contributed by atoms with Gasteiger partial charge in [0.15, 0.2) is 0 Å². The fourth-order valence-corrected chi connectivity index (χ4v) is 5.57. The van der Waals surface area contributed by atoms with Crippen molar-refractivity contribution in [2.24, 2.45) is 0 Å². The molecule has 2 aromatic rings. The minimum absolute atomic E-state index is 0.148. The number of carbonyl (C=O) groups is 2. The normalized spacial score (nSPS) is 23.8. The second kappa shape index (κ2) is 9.47. The average Bonchev–Trinajstić information content (AvgIpc) is 3.54. The predicted molar refractivity (Wildman–Crippen MR) is 141 cm³/mol. The molecule has 0 aromatic heterocycles. The van der Waals surface area contributed by atoms with Crippen LogP contribution in [0.2, 0.25) is 0 Å². The van der Waals surface area contributed by atoms with Gasteiger partial charge in [-0.25, -0.2) is 4.79 Å². The lowest BCUT2D eigenvalue weighted by atomic mass is 9.96. The third kappa shape index (κ3) is 3.95. The molecule has 0 bridgehead atoms. The number of allylic oxidation sites excluding steroid dienone is 2. The number of hydrogen-bond acceptors (Lipinski definition) is 6. The molecule has 0 radical (unpaired) electrons. The molecule has 36 heavy (non-hydrogen) atoms. The van der Waals surface area contributed by atoms with Gasteiger partial charge < -0.3 is 24.6 Å². The summed E-state index contributed by atoms with van der Waals surface area (Å²) < 4.78 is 11.5. The summed E-state index contributed by atoms with van der Waals surface area (Å²) in [5, 5.41) is 2.05. The number of esters is 1. The maximum Gasteiger partial charge on any atom is 0.347 e. The highest BCUT2D eigenvalue weighted by atomic mass is 35.5. The highest BCUT2D eigenvalue weighted by Crippen LogP contribution is 2.61. The fourth-order valence-electron chi connectivity index (χ4n) is 4.88. The van der Waals surface area contributed by atoms with Crippen molar-refractivity contribution >= 4 is 52.1 Å². The SMILES string of the molecule is CCN(CC)C1=CC(Cl)=CC2(C(=O)OCCCN3c4ccccc4NC(=O)c4ccccc43)OC12Cl. The molecular formula is C27H27Cl2N3O4. The van der Waals surface area contributed by atoms with Crippen molar-refractivity contribution in [3.8, 4) is 0 Å². The molecule has 188 valence electrons. The summed E-state index contributed by atoms with van der Waals surface area (Å²) in [4.78, 5) is 30.0. The second-order valence-corrected chi connectivity index (χ2v) is 9.76. The van der Waals surface area contributed by atoms with Crippen molar-refractivity contribution in [3.63, 3.8) is 0 Å². The van der Waals surface area contributed by atoms with Crippen LogP contribution in [-0.4, -0.2) is 53.7 Å². The van der Waals surface area contributed by atoms with Crippen LogP contribution in [0.4, 0.5) is 17.1 Å². The van der Waals surface area contributed by atoms with E-state index in [9.17, 15) is 9.59 Å². The third-order valence-electron chi connectivity index (χ3n) is 6.73. The number of epoxide rings is 1. The topological polar surface area (TPSA) is 74.4 Å². The van der Waals surface area contributed by atoms with E-state index in [4.69, 9.17) is 32.7 Å². The van der Waals surface area contributed by atoms with Gasteiger partial charge in [-0.15, -0.1) is 0 Å². The summed E-state index contributed by atoms with van der Waals surface area (Å²) in [7, 11) is 0. The van der Waals surface area contributed by atoms with Crippen molar-refractivity contribution in [1.29, 1.82) is 0 Å². The smallest absolute Gasteiger partial charge is 0.347 e. The monoisotopic (exact) mass is 527 g/mol. The molecule has 1 amide bonds. The van der Waals surface area contributed by atoms with Crippen molar-refractivity contribution < 1.29 is 19.1 Å². The molecule has 7 nitrogen and oxygen atoms in total. The number of amides is 1. The van der Waals surface area contributed by atoms with Gasteiger partial charge in [0.25, 0.3) is 5.91 Å². The summed E-state index contributed by atoms with van der Waals surface area (Å²) in [6.07, 6.45) is 3.78. The molecule has 5 rings (SSSR count). The number of likely N-dealkylation sites (N-methyl/N-ethyl adjacent to an activating group) is 1. The van der Waals surface area contributed by atoms with Crippen LogP contribution in [0, 0.1) is 0 Å². The quantitative estimate of drug-likeness (QED) is 0.214. The van der Waals surface area contributed by atoms with Gasteiger partial charge in [-0.3, -0.25) is 4.79 Å². The zero-order chi connectivity index (χ0) is 25.5. The van der Waals surface area contributed by atoms with E-state index >= 15 is 0 Å². The molecule has 2 aromatic carbocycles. The lowest BCUT2D eigenvalue weighted by molar-refractivity contribution is -0.148. The summed E-state index contributed by atoms with van der Waals surface area (Å²) >= 11 is 13.1. The minimum atomic E-state index is -1.43. The predicted octanol–water partition coefficient (Wildman–Crippen LogP) is 5.39. The summed E-state index contributed by atoms with van der Waals surface area (Å²) in [5.74, 6) is -0.727. The zero-order valence-corrected chi connectivity index (χ0v) is 21.6. The summed E-state index contributed by atoms with van der Waals surface area (Å²) in [6, 6.07) is 15.1. The average molecular weight is 528 g/mol. The van der Waals surface area contributed by atoms with Gasteiger partial charge in [0.2, 0.25) is 10.7 Å². The fraction of sp³-hybridized carbons (Fsp3) is 0.333. The van der Waals surface area contributed by atoms with Crippen LogP contribution in [0.25, 0.3) is 0 Å². The van der Waals surface area contributed by atoms with E-state index in [1.807, 2.05) is 61.2 Å². The van der Waals surface area contributed by atoms with E-state index in [-0.39, 0.29) is 12.5 Å². The lowest BCUT2D eigenvalue weighted by Crippen LogP contribution is -2.40. The van der Waals surface area contributed by atoms with E-state index < -0.39 is 16.6 Å². The first-order valence-corrected chi connectivity index (χ1v) is 12.8. The highest BCUT2D eigenvalue weighted by Gasteiger charge is 2.78. The van der Waals surface area contributed by atoms with Gasteiger partial charge in [0.05, 0.1) is 34.9 Å². The number of halogens is 2. The van der Waals surface area contributed by atoms with Crippen molar-refractivity contribution in [2.45, 2.75) is 30.9 Å². The number of para-hydroxylation sites is 3. The number of nitrogens with zero attached hydrogens (tertiary/aromatic N) is 2. The van der Waals surface area contributed by atoms with Gasteiger partial charge in [0.1, 0.15) is 0 Å².